The van der Waals surface area contributed by atoms with Gasteiger partial charge in [-0.05, 0) is 57.7 Å². The molecule has 96 valence electrons. The number of hydrogen-bond donors (Lipinski definition) is 1. The van der Waals surface area contributed by atoms with E-state index in [4.69, 9.17) is 0 Å². The molecule has 0 aliphatic rings. The van der Waals surface area contributed by atoms with Crippen molar-refractivity contribution in [2.75, 3.05) is 27.2 Å². The van der Waals surface area contributed by atoms with Crippen LogP contribution in [0.4, 0.5) is 0 Å². The highest BCUT2D eigenvalue weighted by atomic mass is 79.9. The van der Waals surface area contributed by atoms with Crippen LogP contribution in [0.25, 0.3) is 0 Å². The van der Waals surface area contributed by atoms with Crippen molar-refractivity contribution in [3.8, 4) is 0 Å². The van der Waals surface area contributed by atoms with Crippen molar-refractivity contribution in [1.29, 1.82) is 0 Å². The molecule has 0 aromatic heterocycles. The van der Waals surface area contributed by atoms with Gasteiger partial charge in [0.05, 0.1) is 0 Å². The molecule has 0 amide bonds. The van der Waals surface area contributed by atoms with Crippen LogP contribution < -0.4 is 5.32 Å². The first-order valence-electron chi connectivity index (χ1n) is 6.29. The number of nitrogens with one attached hydrogen (secondary N) is 1. The fourth-order valence-corrected chi connectivity index (χ4v) is 2.41. The van der Waals surface area contributed by atoms with Crippen molar-refractivity contribution in [3.63, 3.8) is 0 Å². The summed E-state index contributed by atoms with van der Waals surface area (Å²) in [5.41, 5.74) is 1.41. The topological polar surface area (TPSA) is 15.3 Å². The van der Waals surface area contributed by atoms with E-state index in [9.17, 15) is 0 Å². The number of benzene rings is 1. The Morgan fingerprint density at radius 1 is 1.29 bits per heavy atom. The Morgan fingerprint density at radius 2 is 1.94 bits per heavy atom. The Hall–Kier alpha value is -0.380. The fourth-order valence-electron chi connectivity index (χ4n) is 2.15. The van der Waals surface area contributed by atoms with Gasteiger partial charge >= 0.3 is 0 Å². The van der Waals surface area contributed by atoms with E-state index in [0.717, 1.165) is 24.0 Å². The summed E-state index contributed by atoms with van der Waals surface area (Å²) in [5, 5.41) is 3.19. The molecular weight excluding hydrogens is 276 g/mol. The molecule has 0 aliphatic carbocycles. The third-order valence-electron chi connectivity index (χ3n) is 3.11. The Balaban J connectivity index is 2.60. The molecule has 0 radical (unpaired) electrons. The lowest BCUT2D eigenvalue weighted by atomic mass is 10.0. The monoisotopic (exact) mass is 298 g/mol. The van der Waals surface area contributed by atoms with E-state index >= 15 is 0 Å². The Bertz CT molecular complexity index is 311. The zero-order valence-corrected chi connectivity index (χ0v) is 12.6. The van der Waals surface area contributed by atoms with Crippen molar-refractivity contribution in [1.82, 2.24) is 10.2 Å². The Labute approximate surface area is 114 Å². The molecule has 0 heterocycles. The maximum atomic E-state index is 3.48. The summed E-state index contributed by atoms with van der Waals surface area (Å²) in [4.78, 5) is 2.45. The lowest BCUT2D eigenvalue weighted by molar-refractivity contribution is 0.236. The quantitative estimate of drug-likeness (QED) is 0.776. The normalized spacial score (nSPS) is 13.0. The molecule has 1 aromatic carbocycles. The van der Waals surface area contributed by atoms with Crippen LogP contribution in [0.3, 0.4) is 0 Å². The average Bonchev–Trinajstić information content (AvgIpc) is 2.33. The average molecular weight is 299 g/mol. The highest BCUT2D eigenvalue weighted by molar-refractivity contribution is 9.10. The number of nitrogens with zero attached hydrogens (tertiary/aromatic N) is 1. The summed E-state index contributed by atoms with van der Waals surface area (Å²) < 4.78 is 1.15. The maximum Gasteiger partial charge on any atom is 0.0342 e. The molecule has 0 spiro atoms. The van der Waals surface area contributed by atoms with Crippen LogP contribution in [0.5, 0.6) is 0 Å². The highest BCUT2D eigenvalue weighted by Gasteiger charge is 2.14. The standard InChI is InChI=1S/C14H23BrN2/c1-4-14(17(3)11-5-10-16-2)12-6-8-13(15)9-7-12/h6-9,14,16H,4-5,10-11H2,1-3H3. The van der Waals surface area contributed by atoms with E-state index in [0.29, 0.717) is 6.04 Å². The Morgan fingerprint density at radius 3 is 2.47 bits per heavy atom. The van der Waals surface area contributed by atoms with E-state index in [1.807, 2.05) is 7.05 Å². The van der Waals surface area contributed by atoms with Crippen molar-refractivity contribution < 1.29 is 0 Å². The molecule has 0 saturated carbocycles. The molecule has 1 aromatic rings. The van der Waals surface area contributed by atoms with Crippen molar-refractivity contribution in [2.45, 2.75) is 25.8 Å². The van der Waals surface area contributed by atoms with Crippen LogP contribution in [0.15, 0.2) is 28.7 Å². The van der Waals surface area contributed by atoms with E-state index < -0.39 is 0 Å². The molecule has 2 nitrogen and oxygen atoms in total. The van der Waals surface area contributed by atoms with Gasteiger partial charge in [-0.25, -0.2) is 0 Å². The molecule has 3 heteroatoms. The van der Waals surface area contributed by atoms with Crippen molar-refractivity contribution in [3.05, 3.63) is 34.3 Å². The minimum atomic E-state index is 0.528. The molecule has 1 unspecified atom stereocenters. The molecule has 1 rings (SSSR count). The summed E-state index contributed by atoms with van der Waals surface area (Å²) in [6, 6.07) is 9.21. The number of rotatable bonds is 7. The second-order valence-corrected chi connectivity index (χ2v) is 5.33. The first-order valence-corrected chi connectivity index (χ1v) is 7.08. The summed E-state index contributed by atoms with van der Waals surface area (Å²) in [5.74, 6) is 0. The fraction of sp³-hybridized carbons (Fsp3) is 0.571. The first kappa shape index (κ1) is 14.7. The van der Waals surface area contributed by atoms with Gasteiger partial charge in [0.1, 0.15) is 0 Å². The molecule has 0 aliphatic heterocycles. The summed E-state index contributed by atoms with van der Waals surface area (Å²) >= 11 is 3.48. The second-order valence-electron chi connectivity index (χ2n) is 4.41. The van der Waals surface area contributed by atoms with Crippen LogP contribution in [-0.4, -0.2) is 32.1 Å². The summed E-state index contributed by atoms with van der Waals surface area (Å²) in [7, 11) is 4.22. The van der Waals surface area contributed by atoms with Crippen LogP contribution >= 0.6 is 15.9 Å². The molecule has 17 heavy (non-hydrogen) atoms. The van der Waals surface area contributed by atoms with Gasteiger partial charge in [-0.3, -0.25) is 4.90 Å². The van der Waals surface area contributed by atoms with Gasteiger partial charge in [0, 0.05) is 10.5 Å². The Kier molecular flexibility index (Phi) is 6.78. The SMILES string of the molecule is CCC(c1ccc(Br)cc1)N(C)CCCNC. The summed E-state index contributed by atoms with van der Waals surface area (Å²) in [6.45, 7) is 4.47. The molecule has 0 fully saturated rings. The second kappa shape index (κ2) is 7.85. The van der Waals surface area contributed by atoms with Gasteiger partial charge in [0.2, 0.25) is 0 Å². The molecule has 1 atom stereocenters. The minimum Gasteiger partial charge on any atom is -0.320 e. The predicted octanol–water partition coefficient (Wildman–Crippen LogP) is 3.44. The van der Waals surface area contributed by atoms with E-state index in [1.54, 1.807) is 0 Å². The van der Waals surface area contributed by atoms with Crippen molar-refractivity contribution in [2.24, 2.45) is 0 Å². The lowest BCUT2D eigenvalue weighted by Gasteiger charge is -2.27. The van der Waals surface area contributed by atoms with Gasteiger partial charge in [0.15, 0.2) is 0 Å². The van der Waals surface area contributed by atoms with Crippen LogP contribution in [-0.2, 0) is 0 Å². The van der Waals surface area contributed by atoms with Gasteiger partial charge in [-0.1, -0.05) is 35.0 Å². The lowest BCUT2D eigenvalue weighted by Crippen LogP contribution is -2.27. The third-order valence-corrected chi connectivity index (χ3v) is 3.64. The van der Waals surface area contributed by atoms with Crippen LogP contribution in [0.2, 0.25) is 0 Å². The van der Waals surface area contributed by atoms with E-state index in [1.165, 1.54) is 12.0 Å². The van der Waals surface area contributed by atoms with E-state index in [-0.39, 0.29) is 0 Å². The van der Waals surface area contributed by atoms with Crippen molar-refractivity contribution >= 4 is 15.9 Å². The van der Waals surface area contributed by atoms with Crippen LogP contribution in [0, 0.1) is 0 Å². The predicted molar refractivity (Wildman–Crippen MR) is 78.3 cm³/mol. The number of halogens is 1. The zero-order valence-electron chi connectivity index (χ0n) is 11.0. The first-order chi connectivity index (χ1) is 8.19. The van der Waals surface area contributed by atoms with Gasteiger partial charge in [-0.15, -0.1) is 0 Å². The maximum absolute atomic E-state index is 3.48. The van der Waals surface area contributed by atoms with Gasteiger partial charge in [0.25, 0.3) is 0 Å². The molecule has 1 N–H and O–H groups in total. The third kappa shape index (κ3) is 4.78. The van der Waals surface area contributed by atoms with Gasteiger partial charge < -0.3 is 5.32 Å². The molecule has 0 bridgehead atoms. The van der Waals surface area contributed by atoms with E-state index in [2.05, 4.69) is 64.4 Å². The molecular formula is C14H23BrN2. The largest absolute Gasteiger partial charge is 0.320 e. The highest BCUT2D eigenvalue weighted by Crippen LogP contribution is 2.24. The zero-order chi connectivity index (χ0) is 12.7. The van der Waals surface area contributed by atoms with Crippen LogP contribution in [0.1, 0.15) is 31.4 Å². The number of hydrogen-bond acceptors (Lipinski definition) is 2. The smallest absolute Gasteiger partial charge is 0.0342 e. The van der Waals surface area contributed by atoms with Gasteiger partial charge in [-0.2, -0.15) is 0 Å². The minimum absolute atomic E-state index is 0.528. The molecule has 0 saturated heterocycles. The summed E-state index contributed by atoms with van der Waals surface area (Å²) in [6.07, 6.45) is 2.34.